The molecule has 1 saturated heterocycles. The first-order valence-corrected chi connectivity index (χ1v) is 10.1. The van der Waals surface area contributed by atoms with E-state index in [9.17, 15) is 14.4 Å². The molecule has 2 heterocycles. The van der Waals surface area contributed by atoms with Crippen molar-refractivity contribution in [2.45, 2.75) is 38.4 Å². The number of carbonyl (C=O) groups is 3. The van der Waals surface area contributed by atoms with E-state index in [2.05, 4.69) is 5.32 Å². The number of nitrogens with one attached hydrogen (secondary N) is 1. The van der Waals surface area contributed by atoms with Gasteiger partial charge < -0.3 is 15.0 Å². The Morgan fingerprint density at radius 1 is 1.13 bits per heavy atom. The smallest absolute Gasteiger partial charge is 0.257 e. The lowest BCUT2D eigenvalue weighted by molar-refractivity contribution is -0.121. The molecule has 0 unspecified atom stereocenters. The van der Waals surface area contributed by atoms with E-state index < -0.39 is 5.66 Å². The molecule has 0 bridgehead atoms. The van der Waals surface area contributed by atoms with Crippen LogP contribution < -0.4 is 15.0 Å². The number of ether oxygens (including phenoxy) is 1. The van der Waals surface area contributed by atoms with E-state index in [4.69, 9.17) is 4.74 Å². The third kappa shape index (κ3) is 3.30. The number of nitrogens with zero attached hydrogens (tertiary/aromatic N) is 2. The summed E-state index contributed by atoms with van der Waals surface area (Å²) in [7, 11) is 1.59. The van der Waals surface area contributed by atoms with Crippen molar-refractivity contribution in [3.05, 3.63) is 59.7 Å². The maximum Gasteiger partial charge on any atom is 0.257 e. The van der Waals surface area contributed by atoms with Crippen molar-refractivity contribution in [1.29, 1.82) is 0 Å². The summed E-state index contributed by atoms with van der Waals surface area (Å²) in [6, 6.07) is 14.7. The van der Waals surface area contributed by atoms with E-state index in [1.807, 2.05) is 43.3 Å². The van der Waals surface area contributed by atoms with Crippen LogP contribution in [-0.2, 0) is 16.1 Å². The number of anilines is 1. The second-order valence-electron chi connectivity index (χ2n) is 7.76. The van der Waals surface area contributed by atoms with Crippen LogP contribution in [0.4, 0.5) is 5.69 Å². The fourth-order valence-electron chi connectivity index (χ4n) is 4.39. The van der Waals surface area contributed by atoms with Crippen LogP contribution in [0.1, 0.15) is 42.1 Å². The molecule has 0 aliphatic carbocycles. The number of hydrogen-bond donors (Lipinski definition) is 1. The second-order valence-corrected chi connectivity index (χ2v) is 7.76. The molecule has 2 aliphatic heterocycles. The fraction of sp³-hybridized carbons (Fsp3) is 0.348. The topological polar surface area (TPSA) is 79.0 Å². The van der Waals surface area contributed by atoms with Gasteiger partial charge in [-0.05, 0) is 31.5 Å². The molecule has 1 atom stereocenters. The molecule has 1 N–H and O–H groups in total. The highest BCUT2D eigenvalue weighted by Gasteiger charge is 2.52. The van der Waals surface area contributed by atoms with Gasteiger partial charge in [0.15, 0.2) is 0 Å². The summed E-state index contributed by atoms with van der Waals surface area (Å²) in [5.41, 5.74) is 1.30. The molecule has 7 nitrogen and oxygen atoms in total. The van der Waals surface area contributed by atoms with Crippen molar-refractivity contribution in [2.24, 2.45) is 0 Å². The van der Waals surface area contributed by atoms with E-state index in [0.29, 0.717) is 36.4 Å². The molecule has 0 spiro atoms. The number of hydrogen-bond acceptors (Lipinski definition) is 4. The third-order valence-corrected chi connectivity index (χ3v) is 5.98. The molecule has 2 aromatic carbocycles. The zero-order chi connectivity index (χ0) is 21.3. The Labute approximate surface area is 175 Å². The van der Waals surface area contributed by atoms with Crippen molar-refractivity contribution >= 4 is 23.4 Å². The van der Waals surface area contributed by atoms with Crippen molar-refractivity contribution in [3.8, 4) is 5.75 Å². The Balaban J connectivity index is 1.47. The lowest BCUT2D eigenvalue weighted by Crippen LogP contribution is -2.62. The SMILES string of the molecule is COc1ccccc1CNC(=O)CCN1C(=O)c2ccccc2N2C(=O)CC[C@@]12C. The first kappa shape index (κ1) is 19.9. The lowest BCUT2D eigenvalue weighted by atomic mass is 9.98. The first-order valence-electron chi connectivity index (χ1n) is 10.1. The summed E-state index contributed by atoms with van der Waals surface area (Å²) in [5.74, 6) is 0.417. The van der Waals surface area contributed by atoms with Crippen molar-refractivity contribution in [1.82, 2.24) is 10.2 Å². The molecule has 3 amide bonds. The Bertz CT molecular complexity index is 1010. The van der Waals surface area contributed by atoms with E-state index in [1.165, 1.54) is 0 Å². The van der Waals surface area contributed by atoms with Gasteiger partial charge in [0.2, 0.25) is 11.8 Å². The van der Waals surface area contributed by atoms with E-state index >= 15 is 0 Å². The Hall–Kier alpha value is -3.35. The average Bonchev–Trinajstić information content (AvgIpc) is 3.07. The molecule has 1 fully saturated rings. The number of fused-ring (bicyclic) bond motifs is 3. The van der Waals surface area contributed by atoms with Gasteiger partial charge in [-0.3, -0.25) is 19.3 Å². The maximum atomic E-state index is 13.2. The molecule has 7 heteroatoms. The predicted octanol–water partition coefficient (Wildman–Crippen LogP) is 2.70. The molecular formula is C23H25N3O4. The average molecular weight is 407 g/mol. The normalized spacial score (nSPS) is 20.1. The number of rotatable bonds is 6. The molecule has 0 saturated carbocycles. The minimum atomic E-state index is -0.745. The van der Waals surface area contributed by atoms with E-state index in [1.54, 1.807) is 29.0 Å². The molecule has 30 heavy (non-hydrogen) atoms. The van der Waals surface area contributed by atoms with Crippen molar-refractivity contribution < 1.29 is 19.1 Å². The fourth-order valence-corrected chi connectivity index (χ4v) is 4.39. The number of carbonyl (C=O) groups excluding carboxylic acids is 3. The lowest BCUT2D eigenvalue weighted by Gasteiger charge is -2.48. The largest absolute Gasteiger partial charge is 0.496 e. The van der Waals surface area contributed by atoms with Crippen LogP contribution in [0.5, 0.6) is 5.75 Å². The van der Waals surface area contributed by atoms with Crippen LogP contribution in [0.3, 0.4) is 0 Å². The molecule has 0 aromatic heterocycles. The highest BCUT2D eigenvalue weighted by Crippen LogP contribution is 2.43. The van der Waals surface area contributed by atoms with Gasteiger partial charge in [0.05, 0.1) is 18.4 Å². The third-order valence-electron chi connectivity index (χ3n) is 5.98. The first-order chi connectivity index (χ1) is 14.5. The second kappa shape index (κ2) is 7.82. The Morgan fingerprint density at radius 2 is 1.87 bits per heavy atom. The summed E-state index contributed by atoms with van der Waals surface area (Å²) in [6.45, 7) is 2.49. The zero-order valence-electron chi connectivity index (χ0n) is 17.2. The number of para-hydroxylation sites is 2. The minimum Gasteiger partial charge on any atom is -0.496 e. The van der Waals surface area contributed by atoms with Gasteiger partial charge >= 0.3 is 0 Å². The van der Waals surface area contributed by atoms with Crippen LogP contribution in [0, 0.1) is 0 Å². The number of methoxy groups -OCH3 is 1. The number of amides is 3. The molecule has 0 radical (unpaired) electrons. The highest BCUT2D eigenvalue weighted by atomic mass is 16.5. The van der Waals surface area contributed by atoms with Crippen LogP contribution >= 0.6 is 0 Å². The van der Waals surface area contributed by atoms with Gasteiger partial charge in [0, 0.05) is 31.5 Å². The molecule has 2 aliphatic rings. The zero-order valence-corrected chi connectivity index (χ0v) is 17.2. The molecule has 4 rings (SSSR count). The van der Waals surface area contributed by atoms with Crippen molar-refractivity contribution in [2.75, 3.05) is 18.6 Å². The van der Waals surface area contributed by atoms with Crippen molar-refractivity contribution in [3.63, 3.8) is 0 Å². The van der Waals surface area contributed by atoms with E-state index in [-0.39, 0.29) is 30.7 Å². The molecule has 2 aromatic rings. The van der Waals surface area contributed by atoms with Gasteiger partial charge in [0.25, 0.3) is 5.91 Å². The van der Waals surface area contributed by atoms with Crippen LogP contribution in [0.2, 0.25) is 0 Å². The molecule has 156 valence electrons. The Kier molecular flexibility index (Phi) is 5.20. The van der Waals surface area contributed by atoms with Gasteiger partial charge in [-0.15, -0.1) is 0 Å². The van der Waals surface area contributed by atoms with Crippen LogP contribution in [0.25, 0.3) is 0 Å². The minimum absolute atomic E-state index is 0.00285. The van der Waals surface area contributed by atoms with Crippen LogP contribution in [-0.4, -0.2) is 41.9 Å². The summed E-state index contributed by atoms with van der Waals surface area (Å²) >= 11 is 0. The van der Waals surface area contributed by atoms with Gasteiger partial charge in [-0.25, -0.2) is 0 Å². The Morgan fingerprint density at radius 3 is 2.67 bits per heavy atom. The molecular weight excluding hydrogens is 382 g/mol. The van der Waals surface area contributed by atoms with Gasteiger partial charge in [-0.2, -0.15) is 0 Å². The summed E-state index contributed by atoms with van der Waals surface area (Å²) in [5, 5.41) is 2.89. The quantitative estimate of drug-likeness (QED) is 0.799. The predicted molar refractivity (Wildman–Crippen MR) is 112 cm³/mol. The summed E-state index contributed by atoms with van der Waals surface area (Å²) < 4.78 is 5.31. The number of benzene rings is 2. The summed E-state index contributed by atoms with van der Waals surface area (Å²) in [6.07, 6.45) is 1.09. The highest BCUT2D eigenvalue weighted by molar-refractivity contribution is 6.10. The van der Waals surface area contributed by atoms with Crippen LogP contribution in [0.15, 0.2) is 48.5 Å². The monoisotopic (exact) mass is 407 g/mol. The van der Waals surface area contributed by atoms with Gasteiger partial charge in [-0.1, -0.05) is 30.3 Å². The van der Waals surface area contributed by atoms with E-state index in [0.717, 1.165) is 5.56 Å². The standard InChI is InChI=1S/C23H25N3O4/c1-23-13-11-21(28)26(23)18-9-5-4-8-17(18)22(29)25(23)14-12-20(27)24-15-16-7-3-6-10-19(16)30-2/h3-10H,11-15H2,1-2H3,(H,24,27)/t23-/m0/s1. The maximum absolute atomic E-state index is 13.2. The summed E-state index contributed by atoms with van der Waals surface area (Å²) in [4.78, 5) is 41.7. The van der Waals surface area contributed by atoms with Gasteiger partial charge in [0.1, 0.15) is 11.4 Å².